The summed E-state index contributed by atoms with van der Waals surface area (Å²) in [5.74, 6) is -0.00993. The number of hydrogen-bond donors (Lipinski definition) is 2. The number of aromatic nitrogens is 1. The zero-order valence-electron chi connectivity index (χ0n) is 12.9. The molecule has 1 heterocycles. The molecule has 3 rings (SSSR count). The van der Waals surface area contributed by atoms with Crippen LogP contribution in [0, 0.1) is 5.82 Å². The fraction of sp³-hybridized carbons (Fsp3) is 0.333. The molecule has 0 saturated heterocycles. The van der Waals surface area contributed by atoms with Gasteiger partial charge in [-0.25, -0.2) is 9.37 Å². The fourth-order valence-corrected chi connectivity index (χ4v) is 3.32. The summed E-state index contributed by atoms with van der Waals surface area (Å²) in [5, 5.41) is 2.92. The quantitative estimate of drug-likeness (QED) is 0.909. The topological polar surface area (TPSA) is 68.0 Å². The second-order valence-corrected chi connectivity index (χ2v) is 6.08. The van der Waals surface area contributed by atoms with E-state index in [1.54, 1.807) is 18.2 Å². The number of hydrogen-bond acceptors (Lipinski definition) is 3. The number of nitrogen functional groups attached to an aromatic ring is 1. The summed E-state index contributed by atoms with van der Waals surface area (Å²) < 4.78 is 13.7. The van der Waals surface area contributed by atoms with E-state index >= 15 is 0 Å². The van der Waals surface area contributed by atoms with E-state index in [-0.39, 0.29) is 11.7 Å². The third-order valence-electron chi connectivity index (χ3n) is 4.56. The van der Waals surface area contributed by atoms with Crippen LogP contribution < -0.4 is 11.1 Å². The largest absolute Gasteiger partial charge is 0.384 e. The molecule has 1 aliphatic rings. The minimum absolute atomic E-state index is 0.102. The van der Waals surface area contributed by atoms with Crippen molar-refractivity contribution in [1.82, 2.24) is 4.98 Å². The van der Waals surface area contributed by atoms with Crippen molar-refractivity contribution in [2.24, 2.45) is 0 Å². The molecule has 1 aromatic carbocycles. The molecule has 1 saturated carbocycles. The number of anilines is 2. The maximum atomic E-state index is 13.7. The zero-order chi connectivity index (χ0) is 16.3. The molecular weight excluding hydrogens is 293 g/mol. The minimum Gasteiger partial charge on any atom is -0.384 e. The van der Waals surface area contributed by atoms with Gasteiger partial charge in [0.1, 0.15) is 11.6 Å². The maximum absolute atomic E-state index is 13.7. The number of pyridine rings is 1. The van der Waals surface area contributed by atoms with Crippen molar-refractivity contribution >= 4 is 17.4 Å². The molecule has 5 heteroatoms. The first-order valence-electron chi connectivity index (χ1n) is 7.89. The smallest absolute Gasteiger partial charge is 0.235 e. The SMILES string of the molecule is Nc1ccc(NC(=O)C2(c3cccc(F)c3)CCCCC2)cn1. The Hall–Kier alpha value is -2.43. The average Bonchev–Trinajstić information content (AvgIpc) is 2.57. The number of nitrogens with one attached hydrogen (secondary N) is 1. The number of amides is 1. The van der Waals surface area contributed by atoms with E-state index in [2.05, 4.69) is 10.3 Å². The molecule has 3 N–H and O–H groups in total. The lowest BCUT2D eigenvalue weighted by Gasteiger charge is -2.36. The normalized spacial score (nSPS) is 16.7. The van der Waals surface area contributed by atoms with Crippen LogP contribution in [-0.2, 0) is 10.2 Å². The monoisotopic (exact) mass is 313 g/mol. The molecule has 2 aromatic rings. The third-order valence-corrected chi connectivity index (χ3v) is 4.56. The van der Waals surface area contributed by atoms with Crippen molar-refractivity contribution in [3.8, 4) is 0 Å². The summed E-state index contributed by atoms with van der Waals surface area (Å²) in [6, 6.07) is 9.76. The van der Waals surface area contributed by atoms with Crippen molar-refractivity contribution < 1.29 is 9.18 Å². The van der Waals surface area contributed by atoms with Gasteiger partial charge in [-0.1, -0.05) is 31.4 Å². The van der Waals surface area contributed by atoms with Crippen LogP contribution in [-0.4, -0.2) is 10.9 Å². The average molecular weight is 313 g/mol. The minimum atomic E-state index is -0.679. The van der Waals surface area contributed by atoms with E-state index in [0.29, 0.717) is 11.5 Å². The highest BCUT2D eigenvalue weighted by atomic mass is 19.1. The van der Waals surface area contributed by atoms with Crippen LogP contribution >= 0.6 is 0 Å². The van der Waals surface area contributed by atoms with Gasteiger partial charge in [0.25, 0.3) is 0 Å². The van der Waals surface area contributed by atoms with Crippen molar-refractivity contribution in [3.05, 3.63) is 54.0 Å². The van der Waals surface area contributed by atoms with E-state index in [1.807, 2.05) is 6.07 Å². The van der Waals surface area contributed by atoms with Gasteiger partial charge in [-0.05, 0) is 42.7 Å². The highest BCUT2D eigenvalue weighted by Crippen LogP contribution is 2.40. The molecule has 1 fully saturated rings. The molecule has 0 aliphatic heterocycles. The lowest BCUT2D eigenvalue weighted by molar-refractivity contribution is -0.122. The number of benzene rings is 1. The summed E-state index contributed by atoms with van der Waals surface area (Å²) in [7, 11) is 0. The third kappa shape index (κ3) is 3.18. The van der Waals surface area contributed by atoms with E-state index in [0.717, 1.165) is 37.7 Å². The molecule has 0 atom stereocenters. The number of carbonyl (C=O) groups excluding carboxylic acids is 1. The number of nitrogens with zero attached hydrogens (tertiary/aromatic N) is 1. The molecule has 0 bridgehead atoms. The molecule has 120 valence electrons. The van der Waals surface area contributed by atoms with Crippen LogP contribution in [0.2, 0.25) is 0 Å². The van der Waals surface area contributed by atoms with Crippen molar-refractivity contribution in [3.63, 3.8) is 0 Å². The molecule has 23 heavy (non-hydrogen) atoms. The van der Waals surface area contributed by atoms with Gasteiger partial charge in [0.15, 0.2) is 0 Å². The zero-order valence-corrected chi connectivity index (χ0v) is 12.9. The second kappa shape index (κ2) is 6.36. The van der Waals surface area contributed by atoms with Gasteiger partial charge in [-0.3, -0.25) is 4.79 Å². The highest BCUT2D eigenvalue weighted by molar-refractivity contribution is 5.99. The van der Waals surface area contributed by atoms with Crippen LogP contribution in [0.15, 0.2) is 42.6 Å². The predicted octanol–water partition coefficient (Wildman–Crippen LogP) is 3.64. The molecule has 0 radical (unpaired) electrons. The lowest BCUT2D eigenvalue weighted by atomic mass is 9.68. The van der Waals surface area contributed by atoms with Gasteiger partial charge >= 0.3 is 0 Å². The van der Waals surface area contributed by atoms with E-state index in [9.17, 15) is 9.18 Å². The van der Waals surface area contributed by atoms with Crippen molar-refractivity contribution in [2.45, 2.75) is 37.5 Å². The Bertz CT molecular complexity index is 694. The summed E-state index contributed by atoms with van der Waals surface area (Å²) in [6.45, 7) is 0. The number of nitrogens with two attached hydrogens (primary N) is 1. The van der Waals surface area contributed by atoms with E-state index in [1.165, 1.54) is 18.3 Å². The molecular formula is C18H20FN3O. The van der Waals surface area contributed by atoms with Crippen LogP contribution in [0.25, 0.3) is 0 Å². The van der Waals surface area contributed by atoms with Gasteiger partial charge in [-0.15, -0.1) is 0 Å². The molecule has 1 aliphatic carbocycles. The van der Waals surface area contributed by atoms with Crippen molar-refractivity contribution in [2.75, 3.05) is 11.1 Å². The van der Waals surface area contributed by atoms with Gasteiger partial charge in [0.05, 0.1) is 17.3 Å². The molecule has 0 spiro atoms. The van der Waals surface area contributed by atoms with Gasteiger partial charge in [0, 0.05) is 0 Å². The first kappa shape index (κ1) is 15.5. The molecule has 4 nitrogen and oxygen atoms in total. The van der Waals surface area contributed by atoms with Crippen LogP contribution in [0.4, 0.5) is 15.9 Å². The Balaban J connectivity index is 1.92. The fourth-order valence-electron chi connectivity index (χ4n) is 3.32. The number of halogens is 1. The van der Waals surface area contributed by atoms with Crippen LogP contribution in [0.5, 0.6) is 0 Å². The summed E-state index contributed by atoms with van der Waals surface area (Å²) in [4.78, 5) is 17.0. The van der Waals surface area contributed by atoms with Gasteiger partial charge < -0.3 is 11.1 Å². The Morgan fingerprint density at radius 3 is 2.61 bits per heavy atom. The maximum Gasteiger partial charge on any atom is 0.235 e. The standard InChI is InChI=1S/C18H20FN3O/c19-14-6-4-5-13(11-14)18(9-2-1-3-10-18)17(23)22-15-7-8-16(20)21-12-15/h4-8,11-12H,1-3,9-10H2,(H2,20,21)(H,22,23). The summed E-state index contributed by atoms with van der Waals surface area (Å²) in [5.41, 5.74) is 6.24. The van der Waals surface area contributed by atoms with E-state index in [4.69, 9.17) is 5.73 Å². The van der Waals surface area contributed by atoms with Crippen LogP contribution in [0.3, 0.4) is 0 Å². The predicted molar refractivity (Wildman–Crippen MR) is 88.4 cm³/mol. The van der Waals surface area contributed by atoms with Gasteiger partial charge in [-0.2, -0.15) is 0 Å². The Kier molecular flexibility index (Phi) is 4.28. The number of rotatable bonds is 3. The van der Waals surface area contributed by atoms with E-state index < -0.39 is 5.41 Å². The molecule has 1 amide bonds. The first-order valence-corrected chi connectivity index (χ1v) is 7.89. The van der Waals surface area contributed by atoms with Gasteiger partial charge in [0.2, 0.25) is 5.91 Å². The summed E-state index contributed by atoms with van der Waals surface area (Å²) in [6.07, 6.45) is 6.02. The number of carbonyl (C=O) groups is 1. The molecule has 0 unspecified atom stereocenters. The first-order chi connectivity index (χ1) is 11.1. The molecule has 1 aromatic heterocycles. The van der Waals surface area contributed by atoms with Crippen molar-refractivity contribution in [1.29, 1.82) is 0 Å². The highest BCUT2D eigenvalue weighted by Gasteiger charge is 2.41. The Morgan fingerprint density at radius 2 is 1.96 bits per heavy atom. The Labute approximate surface area is 134 Å². The summed E-state index contributed by atoms with van der Waals surface area (Å²) >= 11 is 0. The second-order valence-electron chi connectivity index (χ2n) is 6.08. The lowest BCUT2D eigenvalue weighted by Crippen LogP contribution is -2.42. The van der Waals surface area contributed by atoms with Crippen LogP contribution in [0.1, 0.15) is 37.7 Å². The Morgan fingerprint density at radius 1 is 1.17 bits per heavy atom.